The summed E-state index contributed by atoms with van der Waals surface area (Å²) in [4.78, 5) is 12.7. The number of morpholine rings is 1. The van der Waals surface area contributed by atoms with Gasteiger partial charge in [-0.15, -0.1) is 0 Å². The highest BCUT2D eigenvalue weighted by molar-refractivity contribution is 7.89. The van der Waals surface area contributed by atoms with Crippen LogP contribution in [0.15, 0.2) is 59.5 Å². The summed E-state index contributed by atoms with van der Waals surface area (Å²) in [6.45, 7) is 1.21. The minimum Gasteiger partial charge on any atom is -0.455 e. The van der Waals surface area contributed by atoms with Crippen molar-refractivity contribution in [3.8, 4) is 11.5 Å². The van der Waals surface area contributed by atoms with Crippen LogP contribution in [0.5, 0.6) is 11.5 Å². The number of carbonyl (C=O) groups excluding carboxylic acids is 1. The first-order valence-corrected chi connectivity index (χ1v) is 12.0. The molecule has 32 heavy (non-hydrogen) atoms. The van der Waals surface area contributed by atoms with Crippen LogP contribution in [0.3, 0.4) is 0 Å². The molecule has 1 saturated heterocycles. The quantitative estimate of drug-likeness (QED) is 0.633. The lowest BCUT2D eigenvalue weighted by Crippen LogP contribution is -2.40. The van der Waals surface area contributed by atoms with Gasteiger partial charge in [0.1, 0.15) is 11.6 Å². The molecule has 2 aromatic carbocycles. The van der Waals surface area contributed by atoms with Crippen molar-refractivity contribution in [2.75, 3.05) is 31.6 Å². The number of carbonyl (C=O) groups is 1. The average molecular weight is 461 g/mol. The number of hydrogen-bond donors (Lipinski definition) is 1. The van der Waals surface area contributed by atoms with Gasteiger partial charge in [-0.25, -0.2) is 12.8 Å². The third-order valence-corrected chi connectivity index (χ3v) is 7.33. The van der Waals surface area contributed by atoms with E-state index in [-0.39, 0.29) is 41.2 Å². The zero-order valence-electron chi connectivity index (χ0n) is 17.5. The van der Waals surface area contributed by atoms with Gasteiger partial charge in [-0.1, -0.05) is 12.2 Å². The molecule has 0 saturated carbocycles. The maximum atomic E-state index is 13.2. The fraction of sp³-hybridized carbons (Fsp3) is 0.348. The molecule has 2 aliphatic rings. The van der Waals surface area contributed by atoms with E-state index in [4.69, 9.17) is 9.47 Å². The molecule has 1 atom stereocenters. The second-order valence-corrected chi connectivity index (χ2v) is 9.69. The predicted molar refractivity (Wildman–Crippen MR) is 118 cm³/mol. The molecule has 1 amide bonds. The molecule has 9 heteroatoms. The highest BCUT2D eigenvalue weighted by atomic mass is 32.2. The Kier molecular flexibility index (Phi) is 6.88. The molecular formula is C23H25FN2O5S. The number of allylic oxidation sites excluding steroid dienone is 2. The Labute approximate surface area is 186 Å². The van der Waals surface area contributed by atoms with Gasteiger partial charge in [0.2, 0.25) is 15.9 Å². The third kappa shape index (κ3) is 5.35. The van der Waals surface area contributed by atoms with Crippen LogP contribution in [-0.2, 0) is 19.6 Å². The van der Waals surface area contributed by atoms with Crippen molar-refractivity contribution >= 4 is 21.6 Å². The molecule has 4 rings (SSSR count). The molecule has 0 spiro atoms. The summed E-state index contributed by atoms with van der Waals surface area (Å²) in [7, 11) is -3.75. The first-order valence-electron chi connectivity index (χ1n) is 10.5. The second kappa shape index (κ2) is 9.81. The topological polar surface area (TPSA) is 84.9 Å². The molecule has 1 unspecified atom stereocenters. The normalized spacial score (nSPS) is 19.1. The van der Waals surface area contributed by atoms with Gasteiger partial charge in [-0.3, -0.25) is 4.79 Å². The lowest BCUT2D eigenvalue weighted by atomic mass is 10.1. The first-order chi connectivity index (χ1) is 15.4. The van der Waals surface area contributed by atoms with Crippen LogP contribution >= 0.6 is 0 Å². The smallest absolute Gasteiger partial charge is 0.243 e. The van der Waals surface area contributed by atoms with Crippen molar-refractivity contribution in [2.24, 2.45) is 5.92 Å². The Balaban J connectivity index is 1.61. The Hall–Kier alpha value is -2.75. The summed E-state index contributed by atoms with van der Waals surface area (Å²) in [6.07, 6.45) is 6.24. The Morgan fingerprint density at radius 3 is 2.59 bits per heavy atom. The van der Waals surface area contributed by atoms with Crippen molar-refractivity contribution in [1.29, 1.82) is 0 Å². The molecule has 0 radical (unpaired) electrons. The van der Waals surface area contributed by atoms with Gasteiger partial charge in [-0.05, 0) is 61.2 Å². The van der Waals surface area contributed by atoms with Crippen molar-refractivity contribution in [1.82, 2.24) is 4.31 Å². The number of benzene rings is 2. The standard InChI is InChI=1S/C23H25FN2O5S/c24-18-5-7-19(8-6-18)31-22-10-9-20(32(28,29)26-11-13-30-14-12-26)16-21(22)25-23(27)15-17-3-1-2-4-17/h1,3,5-10,16-17H,2,4,11-15H2,(H,25,27). The van der Waals surface area contributed by atoms with Crippen molar-refractivity contribution in [2.45, 2.75) is 24.2 Å². The SMILES string of the molecule is O=C(CC1C=CCC1)Nc1cc(S(=O)(=O)N2CCOCC2)ccc1Oc1ccc(F)cc1. The van der Waals surface area contributed by atoms with E-state index in [1.165, 1.54) is 46.8 Å². The number of amides is 1. The van der Waals surface area contributed by atoms with Crippen molar-refractivity contribution < 1.29 is 27.1 Å². The first kappa shape index (κ1) is 22.4. The zero-order valence-corrected chi connectivity index (χ0v) is 18.3. The van der Waals surface area contributed by atoms with E-state index in [2.05, 4.69) is 11.4 Å². The Bertz CT molecular complexity index is 1100. The third-order valence-electron chi connectivity index (χ3n) is 5.43. The summed E-state index contributed by atoms with van der Waals surface area (Å²) in [5, 5.41) is 2.80. The lowest BCUT2D eigenvalue weighted by molar-refractivity contribution is -0.116. The number of rotatable bonds is 7. The van der Waals surface area contributed by atoms with E-state index >= 15 is 0 Å². The van der Waals surface area contributed by atoms with E-state index in [1.54, 1.807) is 0 Å². The molecule has 1 aliphatic carbocycles. The number of anilines is 1. The monoisotopic (exact) mass is 460 g/mol. The molecule has 7 nitrogen and oxygen atoms in total. The minimum atomic E-state index is -3.75. The molecular weight excluding hydrogens is 435 g/mol. The molecule has 2 aromatic rings. The molecule has 1 N–H and O–H groups in total. The predicted octanol–water partition coefficient (Wildman–Crippen LogP) is 3.93. The molecule has 1 aliphatic heterocycles. The molecule has 1 fully saturated rings. The highest BCUT2D eigenvalue weighted by Crippen LogP contribution is 2.33. The lowest BCUT2D eigenvalue weighted by Gasteiger charge is -2.26. The van der Waals surface area contributed by atoms with Crippen molar-refractivity contribution in [3.63, 3.8) is 0 Å². The van der Waals surface area contributed by atoms with Crippen LogP contribution in [0.1, 0.15) is 19.3 Å². The summed E-state index contributed by atoms with van der Waals surface area (Å²) in [6, 6.07) is 9.80. The van der Waals surface area contributed by atoms with Crippen LogP contribution < -0.4 is 10.1 Å². The van der Waals surface area contributed by atoms with Crippen LogP contribution in [0.4, 0.5) is 10.1 Å². The van der Waals surface area contributed by atoms with E-state index in [0.29, 0.717) is 25.4 Å². The van der Waals surface area contributed by atoms with E-state index in [9.17, 15) is 17.6 Å². The fourth-order valence-electron chi connectivity index (χ4n) is 3.73. The summed E-state index contributed by atoms with van der Waals surface area (Å²) in [5.74, 6) is 0.169. The highest BCUT2D eigenvalue weighted by Gasteiger charge is 2.27. The Morgan fingerprint density at radius 2 is 1.91 bits per heavy atom. The molecule has 170 valence electrons. The van der Waals surface area contributed by atoms with Gasteiger partial charge < -0.3 is 14.8 Å². The zero-order chi connectivity index (χ0) is 22.6. The van der Waals surface area contributed by atoms with Gasteiger partial charge in [0, 0.05) is 19.5 Å². The number of hydrogen-bond acceptors (Lipinski definition) is 5. The van der Waals surface area contributed by atoms with E-state index in [1.807, 2.05) is 6.08 Å². The van der Waals surface area contributed by atoms with Crippen LogP contribution in [0.25, 0.3) is 0 Å². The molecule has 0 aromatic heterocycles. The Morgan fingerprint density at radius 1 is 1.16 bits per heavy atom. The maximum Gasteiger partial charge on any atom is 0.243 e. The van der Waals surface area contributed by atoms with Crippen LogP contribution in [0, 0.1) is 11.7 Å². The number of halogens is 1. The fourth-order valence-corrected chi connectivity index (χ4v) is 5.16. The van der Waals surface area contributed by atoms with Gasteiger partial charge >= 0.3 is 0 Å². The van der Waals surface area contributed by atoms with Crippen LogP contribution in [0.2, 0.25) is 0 Å². The summed E-state index contributed by atoms with van der Waals surface area (Å²) >= 11 is 0. The maximum absolute atomic E-state index is 13.2. The summed E-state index contributed by atoms with van der Waals surface area (Å²) < 4.78 is 51.8. The second-order valence-electron chi connectivity index (χ2n) is 7.75. The minimum absolute atomic E-state index is 0.0573. The van der Waals surface area contributed by atoms with Crippen LogP contribution in [-0.4, -0.2) is 44.9 Å². The average Bonchev–Trinajstić information content (AvgIpc) is 3.30. The number of sulfonamides is 1. The largest absolute Gasteiger partial charge is 0.455 e. The summed E-state index contributed by atoms with van der Waals surface area (Å²) in [5.41, 5.74) is 0.246. The molecule has 0 bridgehead atoms. The molecule has 1 heterocycles. The van der Waals surface area contributed by atoms with E-state index in [0.717, 1.165) is 12.8 Å². The number of ether oxygens (including phenoxy) is 2. The van der Waals surface area contributed by atoms with Crippen molar-refractivity contribution in [3.05, 3.63) is 60.4 Å². The van der Waals surface area contributed by atoms with E-state index < -0.39 is 15.8 Å². The van der Waals surface area contributed by atoms with Gasteiger partial charge in [0.15, 0.2) is 5.75 Å². The number of nitrogens with one attached hydrogen (secondary N) is 1. The number of nitrogens with zero attached hydrogens (tertiary/aromatic N) is 1. The van der Waals surface area contributed by atoms with Gasteiger partial charge in [0.25, 0.3) is 0 Å². The van der Waals surface area contributed by atoms with Gasteiger partial charge in [0.05, 0.1) is 23.8 Å². The van der Waals surface area contributed by atoms with Gasteiger partial charge in [-0.2, -0.15) is 4.31 Å².